The Balaban J connectivity index is 3.88. The normalized spacial score (nSPS) is 13.1. The van der Waals surface area contributed by atoms with Gasteiger partial charge < -0.3 is 15.2 Å². The van der Waals surface area contributed by atoms with Crippen LogP contribution in [0.4, 0.5) is 0 Å². The maximum atomic E-state index is 5.47. The number of ether oxygens (including phenoxy) is 2. The first-order valence-corrected chi connectivity index (χ1v) is 5.53. The Hall–Kier alpha value is -0.230. The zero-order valence-corrected chi connectivity index (χ0v) is 10.7. The van der Waals surface area contributed by atoms with Crippen molar-refractivity contribution in [2.75, 3.05) is 40.5 Å². The molecule has 0 aromatic carbocycles. The van der Waals surface area contributed by atoms with Crippen LogP contribution in [0.5, 0.6) is 0 Å². The molecule has 0 rings (SSSR count). The van der Waals surface area contributed by atoms with Crippen LogP contribution >= 0.6 is 12.2 Å². The van der Waals surface area contributed by atoms with Gasteiger partial charge in [-0.15, -0.1) is 0 Å². The number of rotatable bonds is 9. The fourth-order valence-corrected chi connectivity index (χ4v) is 1.31. The molecule has 0 aliphatic carbocycles. The Kier molecular flexibility index (Phi) is 8.89. The molecule has 90 valence electrons. The lowest BCUT2D eigenvalue weighted by Crippen LogP contribution is -2.36. The standard InChI is InChI=1S/C10H22N2O2S/c1-9(14-3)8-12(6-7-13-2)5-4-10(11)15/h9H,4-8H2,1-3H3,(H2,11,15). The molecular weight excluding hydrogens is 212 g/mol. The number of nitrogens with zero attached hydrogens (tertiary/aromatic N) is 1. The van der Waals surface area contributed by atoms with Gasteiger partial charge in [0.15, 0.2) is 0 Å². The molecule has 5 heteroatoms. The van der Waals surface area contributed by atoms with Crippen LogP contribution in [-0.2, 0) is 9.47 Å². The van der Waals surface area contributed by atoms with E-state index in [-0.39, 0.29) is 6.10 Å². The minimum absolute atomic E-state index is 0.216. The molecule has 0 aromatic heterocycles. The van der Waals surface area contributed by atoms with E-state index in [2.05, 4.69) is 4.90 Å². The van der Waals surface area contributed by atoms with Gasteiger partial charge in [-0.3, -0.25) is 4.90 Å². The van der Waals surface area contributed by atoms with Crippen LogP contribution in [-0.4, -0.2) is 56.5 Å². The topological polar surface area (TPSA) is 47.7 Å². The van der Waals surface area contributed by atoms with Crippen molar-refractivity contribution < 1.29 is 9.47 Å². The molecule has 15 heavy (non-hydrogen) atoms. The van der Waals surface area contributed by atoms with Gasteiger partial charge in [0.2, 0.25) is 0 Å². The van der Waals surface area contributed by atoms with Gasteiger partial charge in [-0.1, -0.05) is 12.2 Å². The Morgan fingerprint density at radius 2 is 2.07 bits per heavy atom. The second kappa shape index (κ2) is 9.03. The SMILES string of the molecule is COCCN(CCC(N)=S)CC(C)OC. The summed E-state index contributed by atoms with van der Waals surface area (Å²) in [4.78, 5) is 2.80. The molecule has 0 radical (unpaired) electrons. The largest absolute Gasteiger partial charge is 0.393 e. The zero-order chi connectivity index (χ0) is 11.7. The number of hydrogen-bond acceptors (Lipinski definition) is 4. The average Bonchev–Trinajstić information content (AvgIpc) is 2.21. The molecule has 0 aliphatic rings. The van der Waals surface area contributed by atoms with E-state index in [9.17, 15) is 0 Å². The van der Waals surface area contributed by atoms with Crippen molar-refractivity contribution in [3.8, 4) is 0 Å². The van der Waals surface area contributed by atoms with Crippen molar-refractivity contribution in [3.05, 3.63) is 0 Å². The molecule has 1 unspecified atom stereocenters. The minimum Gasteiger partial charge on any atom is -0.393 e. The number of hydrogen-bond donors (Lipinski definition) is 1. The fraction of sp³-hybridized carbons (Fsp3) is 0.900. The summed E-state index contributed by atoms with van der Waals surface area (Å²) in [5.74, 6) is 0. The van der Waals surface area contributed by atoms with E-state index in [0.717, 1.165) is 26.1 Å². The molecule has 0 bridgehead atoms. The lowest BCUT2D eigenvalue weighted by Gasteiger charge is -2.24. The van der Waals surface area contributed by atoms with Crippen LogP contribution in [0.3, 0.4) is 0 Å². The highest BCUT2D eigenvalue weighted by Gasteiger charge is 2.09. The van der Waals surface area contributed by atoms with Gasteiger partial charge >= 0.3 is 0 Å². The van der Waals surface area contributed by atoms with Crippen molar-refractivity contribution in [3.63, 3.8) is 0 Å². The second-order valence-corrected chi connectivity index (χ2v) is 4.08. The maximum absolute atomic E-state index is 5.47. The van der Waals surface area contributed by atoms with E-state index in [4.69, 9.17) is 27.4 Å². The summed E-state index contributed by atoms with van der Waals surface area (Å²) in [6, 6.07) is 0. The Labute approximate surface area is 97.7 Å². The molecule has 0 saturated carbocycles. The van der Waals surface area contributed by atoms with Crippen LogP contribution in [0.25, 0.3) is 0 Å². The van der Waals surface area contributed by atoms with Crippen molar-refractivity contribution >= 4 is 17.2 Å². The first-order valence-electron chi connectivity index (χ1n) is 5.12. The summed E-state index contributed by atoms with van der Waals surface area (Å²) >= 11 is 4.86. The molecule has 0 spiro atoms. The fourth-order valence-electron chi connectivity index (χ4n) is 1.22. The van der Waals surface area contributed by atoms with Gasteiger partial charge in [-0.05, 0) is 6.92 Å². The molecule has 0 saturated heterocycles. The summed E-state index contributed by atoms with van der Waals surface area (Å²) in [6.07, 6.45) is 0.961. The summed E-state index contributed by atoms with van der Waals surface area (Å²) in [6.45, 7) is 5.38. The number of nitrogens with two attached hydrogens (primary N) is 1. The Bertz CT molecular complexity index is 179. The van der Waals surface area contributed by atoms with E-state index in [1.54, 1.807) is 14.2 Å². The molecular formula is C10H22N2O2S. The van der Waals surface area contributed by atoms with E-state index >= 15 is 0 Å². The maximum Gasteiger partial charge on any atom is 0.0740 e. The third-order valence-corrected chi connectivity index (χ3v) is 2.41. The molecule has 4 nitrogen and oxygen atoms in total. The Morgan fingerprint density at radius 3 is 2.53 bits per heavy atom. The molecule has 1 atom stereocenters. The minimum atomic E-state index is 0.216. The van der Waals surface area contributed by atoms with Crippen LogP contribution in [0, 0.1) is 0 Å². The summed E-state index contributed by atoms with van der Waals surface area (Å²) in [7, 11) is 3.41. The van der Waals surface area contributed by atoms with E-state index in [0.29, 0.717) is 11.6 Å². The summed E-state index contributed by atoms with van der Waals surface area (Å²) in [5.41, 5.74) is 5.47. The van der Waals surface area contributed by atoms with E-state index in [1.807, 2.05) is 6.92 Å². The lowest BCUT2D eigenvalue weighted by molar-refractivity contribution is 0.0656. The third-order valence-electron chi connectivity index (χ3n) is 2.20. The van der Waals surface area contributed by atoms with Crippen molar-refractivity contribution in [1.82, 2.24) is 4.90 Å². The second-order valence-electron chi connectivity index (χ2n) is 3.56. The highest BCUT2D eigenvalue weighted by molar-refractivity contribution is 7.80. The predicted molar refractivity (Wildman–Crippen MR) is 66.2 cm³/mol. The van der Waals surface area contributed by atoms with Gasteiger partial charge in [0.1, 0.15) is 0 Å². The van der Waals surface area contributed by atoms with E-state index < -0.39 is 0 Å². The highest BCUT2D eigenvalue weighted by atomic mass is 32.1. The van der Waals surface area contributed by atoms with Gasteiger partial charge in [-0.25, -0.2) is 0 Å². The van der Waals surface area contributed by atoms with Crippen molar-refractivity contribution in [2.45, 2.75) is 19.4 Å². The number of methoxy groups -OCH3 is 2. The summed E-state index contributed by atoms with van der Waals surface area (Å²) in [5, 5.41) is 0. The predicted octanol–water partition coefficient (Wildman–Crippen LogP) is 0.646. The average molecular weight is 234 g/mol. The molecule has 0 fully saturated rings. The van der Waals surface area contributed by atoms with Crippen molar-refractivity contribution in [2.24, 2.45) is 5.73 Å². The monoisotopic (exact) mass is 234 g/mol. The zero-order valence-electron chi connectivity index (χ0n) is 9.86. The molecule has 0 amide bonds. The summed E-state index contributed by atoms with van der Waals surface area (Å²) < 4.78 is 10.3. The first kappa shape index (κ1) is 14.8. The van der Waals surface area contributed by atoms with Crippen LogP contribution in [0.15, 0.2) is 0 Å². The lowest BCUT2D eigenvalue weighted by atomic mass is 10.3. The van der Waals surface area contributed by atoms with Gasteiger partial charge in [0.05, 0.1) is 17.7 Å². The van der Waals surface area contributed by atoms with Crippen LogP contribution < -0.4 is 5.73 Å². The quantitative estimate of drug-likeness (QED) is 0.593. The Morgan fingerprint density at radius 1 is 1.40 bits per heavy atom. The van der Waals surface area contributed by atoms with Crippen LogP contribution in [0.2, 0.25) is 0 Å². The third kappa shape index (κ3) is 8.74. The molecule has 0 aromatic rings. The molecule has 2 N–H and O–H groups in total. The van der Waals surface area contributed by atoms with Gasteiger partial charge in [0.25, 0.3) is 0 Å². The van der Waals surface area contributed by atoms with Crippen LogP contribution in [0.1, 0.15) is 13.3 Å². The molecule has 0 aliphatic heterocycles. The van der Waals surface area contributed by atoms with Crippen molar-refractivity contribution in [1.29, 1.82) is 0 Å². The highest BCUT2D eigenvalue weighted by Crippen LogP contribution is 1.97. The smallest absolute Gasteiger partial charge is 0.0740 e. The number of thiocarbonyl (C=S) groups is 1. The van der Waals surface area contributed by atoms with E-state index in [1.165, 1.54) is 0 Å². The first-order chi connectivity index (χ1) is 7.10. The van der Waals surface area contributed by atoms with Gasteiger partial charge in [0, 0.05) is 40.3 Å². The van der Waals surface area contributed by atoms with Gasteiger partial charge in [-0.2, -0.15) is 0 Å². The molecule has 0 heterocycles.